The Morgan fingerprint density at radius 1 is 1.18 bits per heavy atom. The summed E-state index contributed by atoms with van der Waals surface area (Å²) in [6.07, 6.45) is 3.54. The molecule has 0 spiro atoms. The number of aliphatic imine (C=N–C) groups is 1. The maximum absolute atomic E-state index is 5.71. The molecule has 0 amide bonds. The van der Waals surface area contributed by atoms with E-state index in [1.807, 2.05) is 56.3 Å². The molecule has 2 N–H and O–H groups in total. The Labute approximate surface area is 185 Å². The van der Waals surface area contributed by atoms with Crippen molar-refractivity contribution in [1.82, 2.24) is 15.6 Å². The minimum absolute atomic E-state index is 0. The van der Waals surface area contributed by atoms with Gasteiger partial charge in [-0.2, -0.15) is 0 Å². The van der Waals surface area contributed by atoms with Crippen LogP contribution in [0.5, 0.6) is 5.75 Å². The first kappa shape index (κ1) is 23.7. The molecule has 0 bridgehead atoms. The fourth-order valence-corrected chi connectivity index (χ4v) is 2.58. The average molecular weight is 495 g/mol. The lowest BCUT2D eigenvalue weighted by Gasteiger charge is -2.17. The van der Waals surface area contributed by atoms with Gasteiger partial charge in [-0.25, -0.2) is 9.98 Å². The van der Waals surface area contributed by atoms with Crippen molar-refractivity contribution in [2.24, 2.45) is 4.99 Å². The van der Waals surface area contributed by atoms with E-state index in [9.17, 15) is 0 Å². The van der Waals surface area contributed by atoms with E-state index < -0.39 is 0 Å². The normalized spacial score (nSPS) is 10.6. The standard InChI is InChI=1S/C21H29N5O.HI/c1-5-14-27-19-12-8-7-10-17(19)15-24-21(22-6-2)25-16-18-11-9-13-23-20(18)26(3)4;/h5,7-13H,1,6,14-16H2,2-4H3,(H2,22,24,25);1H. The summed E-state index contributed by atoms with van der Waals surface area (Å²) in [6, 6.07) is 11.9. The molecule has 0 atom stereocenters. The third-order valence-electron chi connectivity index (χ3n) is 3.82. The SMILES string of the molecule is C=CCOc1ccccc1CN=C(NCC)NCc1cccnc1N(C)C.I. The molecule has 28 heavy (non-hydrogen) atoms. The molecule has 152 valence electrons. The molecule has 2 aromatic rings. The Hall–Kier alpha value is -2.29. The second-order valence-electron chi connectivity index (χ2n) is 6.14. The van der Waals surface area contributed by atoms with Crippen LogP contribution in [-0.2, 0) is 13.1 Å². The van der Waals surface area contributed by atoms with Crippen molar-refractivity contribution in [3.63, 3.8) is 0 Å². The lowest BCUT2D eigenvalue weighted by molar-refractivity contribution is 0.359. The van der Waals surface area contributed by atoms with Crippen molar-refractivity contribution in [3.05, 3.63) is 66.4 Å². The minimum atomic E-state index is 0. The van der Waals surface area contributed by atoms with Crippen molar-refractivity contribution in [3.8, 4) is 5.75 Å². The predicted molar refractivity (Wildman–Crippen MR) is 128 cm³/mol. The number of guanidine groups is 1. The highest BCUT2D eigenvalue weighted by molar-refractivity contribution is 14.0. The van der Waals surface area contributed by atoms with Crippen molar-refractivity contribution >= 4 is 35.8 Å². The van der Waals surface area contributed by atoms with E-state index in [4.69, 9.17) is 9.73 Å². The zero-order valence-electron chi connectivity index (χ0n) is 16.8. The fraction of sp³-hybridized carbons (Fsp3) is 0.333. The number of nitrogens with one attached hydrogen (secondary N) is 2. The number of nitrogens with zero attached hydrogens (tertiary/aromatic N) is 3. The quantitative estimate of drug-likeness (QED) is 0.241. The fourth-order valence-electron chi connectivity index (χ4n) is 2.58. The largest absolute Gasteiger partial charge is 0.489 e. The smallest absolute Gasteiger partial charge is 0.191 e. The van der Waals surface area contributed by atoms with Crippen LogP contribution in [0, 0.1) is 0 Å². The zero-order chi connectivity index (χ0) is 19.5. The molecule has 0 unspecified atom stereocenters. The third-order valence-corrected chi connectivity index (χ3v) is 3.82. The number of benzene rings is 1. The maximum atomic E-state index is 5.71. The number of anilines is 1. The number of hydrogen-bond donors (Lipinski definition) is 2. The van der Waals surface area contributed by atoms with Crippen LogP contribution in [-0.4, -0.2) is 38.2 Å². The van der Waals surface area contributed by atoms with Crippen LogP contribution in [0.25, 0.3) is 0 Å². The number of rotatable bonds is 9. The van der Waals surface area contributed by atoms with Crippen LogP contribution in [0.3, 0.4) is 0 Å². The molecule has 0 aliphatic heterocycles. The number of pyridine rings is 1. The van der Waals surface area contributed by atoms with Gasteiger partial charge in [0.05, 0.1) is 6.54 Å². The molecule has 0 radical (unpaired) electrons. The summed E-state index contributed by atoms with van der Waals surface area (Å²) >= 11 is 0. The highest BCUT2D eigenvalue weighted by Gasteiger charge is 2.07. The van der Waals surface area contributed by atoms with Crippen LogP contribution in [0.1, 0.15) is 18.1 Å². The first-order chi connectivity index (χ1) is 13.2. The highest BCUT2D eigenvalue weighted by Crippen LogP contribution is 2.19. The van der Waals surface area contributed by atoms with Crippen molar-refractivity contribution in [2.45, 2.75) is 20.0 Å². The summed E-state index contributed by atoms with van der Waals surface area (Å²) in [7, 11) is 3.98. The topological polar surface area (TPSA) is 61.8 Å². The molecule has 2 rings (SSSR count). The summed E-state index contributed by atoms with van der Waals surface area (Å²) in [5.74, 6) is 2.53. The molecule has 0 saturated heterocycles. The lowest BCUT2D eigenvalue weighted by Crippen LogP contribution is -2.37. The number of hydrogen-bond acceptors (Lipinski definition) is 4. The number of para-hydroxylation sites is 1. The maximum Gasteiger partial charge on any atom is 0.191 e. The van der Waals surface area contributed by atoms with E-state index in [0.29, 0.717) is 19.7 Å². The van der Waals surface area contributed by atoms with Gasteiger partial charge in [-0.05, 0) is 19.1 Å². The van der Waals surface area contributed by atoms with Gasteiger partial charge in [0.1, 0.15) is 18.2 Å². The molecule has 6 nitrogen and oxygen atoms in total. The van der Waals surface area contributed by atoms with Crippen LogP contribution >= 0.6 is 24.0 Å². The van der Waals surface area contributed by atoms with Gasteiger partial charge in [-0.1, -0.05) is 36.9 Å². The number of ether oxygens (including phenoxy) is 1. The van der Waals surface area contributed by atoms with Crippen LogP contribution in [0.2, 0.25) is 0 Å². The number of aromatic nitrogens is 1. The molecule has 0 aliphatic rings. The van der Waals surface area contributed by atoms with Crippen LogP contribution in [0.4, 0.5) is 5.82 Å². The van der Waals surface area contributed by atoms with Gasteiger partial charge in [-0.3, -0.25) is 0 Å². The average Bonchev–Trinajstić information content (AvgIpc) is 2.69. The highest BCUT2D eigenvalue weighted by atomic mass is 127. The molecule has 1 aromatic heterocycles. The van der Waals surface area contributed by atoms with Gasteiger partial charge >= 0.3 is 0 Å². The van der Waals surface area contributed by atoms with Crippen LogP contribution in [0.15, 0.2) is 60.2 Å². The van der Waals surface area contributed by atoms with Crippen molar-refractivity contribution in [2.75, 3.05) is 32.1 Å². The van der Waals surface area contributed by atoms with Gasteiger partial charge in [0.2, 0.25) is 0 Å². The Bertz CT molecular complexity index is 764. The van der Waals surface area contributed by atoms with E-state index >= 15 is 0 Å². The van der Waals surface area contributed by atoms with Gasteiger partial charge in [0.15, 0.2) is 5.96 Å². The van der Waals surface area contributed by atoms with E-state index in [-0.39, 0.29) is 24.0 Å². The minimum Gasteiger partial charge on any atom is -0.489 e. The molecule has 1 heterocycles. The van der Waals surface area contributed by atoms with Crippen molar-refractivity contribution < 1.29 is 4.74 Å². The molecule has 1 aromatic carbocycles. The monoisotopic (exact) mass is 495 g/mol. The van der Waals surface area contributed by atoms with Crippen LogP contribution < -0.4 is 20.3 Å². The van der Waals surface area contributed by atoms with Gasteiger partial charge in [0, 0.05) is 44.5 Å². The molecule has 0 saturated carbocycles. The Kier molecular flexibility index (Phi) is 11.0. The third kappa shape index (κ3) is 7.38. The molecular weight excluding hydrogens is 465 g/mol. The summed E-state index contributed by atoms with van der Waals surface area (Å²) in [6.45, 7) is 8.17. The van der Waals surface area contributed by atoms with Gasteiger partial charge < -0.3 is 20.3 Å². The second kappa shape index (κ2) is 13.0. The first-order valence-corrected chi connectivity index (χ1v) is 9.10. The van der Waals surface area contributed by atoms with Crippen molar-refractivity contribution in [1.29, 1.82) is 0 Å². The van der Waals surface area contributed by atoms with E-state index in [1.54, 1.807) is 12.3 Å². The second-order valence-corrected chi connectivity index (χ2v) is 6.14. The number of halogens is 1. The van der Waals surface area contributed by atoms with Gasteiger partial charge in [0.25, 0.3) is 0 Å². The lowest BCUT2D eigenvalue weighted by atomic mass is 10.2. The zero-order valence-corrected chi connectivity index (χ0v) is 19.1. The molecular formula is C21H30IN5O. The van der Waals surface area contributed by atoms with E-state index in [2.05, 4.69) is 28.3 Å². The van der Waals surface area contributed by atoms with E-state index in [0.717, 1.165) is 35.2 Å². The van der Waals surface area contributed by atoms with E-state index in [1.165, 1.54) is 0 Å². The first-order valence-electron chi connectivity index (χ1n) is 9.10. The molecule has 0 aliphatic carbocycles. The molecule has 7 heteroatoms. The molecule has 0 fully saturated rings. The Balaban J connectivity index is 0.00000392. The summed E-state index contributed by atoms with van der Waals surface area (Å²) in [5.41, 5.74) is 2.15. The van der Waals surface area contributed by atoms with Gasteiger partial charge in [-0.15, -0.1) is 24.0 Å². The summed E-state index contributed by atoms with van der Waals surface area (Å²) in [5, 5.41) is 6.66. The predicted octanol–water partition coefficient (Wildman–Crippen LogP) is 3.59. The summed E-state index contributed by atoms with van der Waals surface area (Å²) in [4.78, 5) is 11.1. The Morgan fingerprint density at radius 2 is 1.93 bits per heavy atom. The Morgan fingerprint density at radius 3 is 2.64 bits per heavy atom. The summed E-state index contributed by atoms with van der Waals surface area (Å²) < 4.78 is 5.71.